The normalized spacial score (nSPS) is 13.6. The lowest BCUT2D eigenvalue weighted by atomic mass is 10.2. The molecule has 0 amide bonds. The second-order valence-electron chi connectivity index (χ2n) is 2.72. The first kappa shape index (κ1) is 11.9. The van der Waals surface area contributed by atoms with Gasteiger partial charge in [-0.3, -0.25) is 0 Å². The highest BCUT2D eigenvalue weighted by atomic mass is 19.4. The van der Waals surface area contributed by atoms with E-state index < -0.39 is 29.8 Å². The van der Waals surface area contributed by atoms with Crippen LogP contribution in [0.25, 0.3) is 0 Å². The van der Waals surface area contributed by atoms with Gasteiger partial charge in [0.2, 0.25) is 0 Å². The summed E-state index contributed by atoms with van der Waals surface area (Å²) in [5.74, 6) is -5.15. The number of aromatic nitrogens is 1. The molecule has 86 valence electrons. The first-order valence-electron chi connectivity index (χ1n) is 3.57. The van der Waals surface area contributed by atoms with E-state index in [-0.39, 0.29) is 6.07 Å². The van der Waals surface area contributed by atoms with Gasteiger partial charge in [-0.2, -0.15) is 22.0 Å². The lowest BCUT2D eigenvalue weighted by molar-refractivity contribution is -0.290. The predicted molar refractivity (Wildman–Crippen MR) is 35.7 cm³/mol. The Kier molecular flexibility index (Phi) is 2.71. The molecule has 0 spiro atoms. The third-order valence-corrected chi connectivity index (χ3v) is 1.65. The summed E-state index contributed by atoms with van der Waals surface area (Å²) in [5.41, 5.74) is -2.50. The maximum absolute atomic E-state index is 12.5. The molecule has 0 fully saturated rings. The minimum atomic E-state index is -5.81. The highest BCUT2D eigenvalue weighted by molar-refractivity contribution is 5.22. The summed E-state index contributed by atoms with van der Waals surface area (Å²) in [4.78, 5) is 1.48. The van der Waals surface area contributed by atoms with E-state index >= 15 is 0 Å². The maximum Gasteiger partial charge on any atom is 0.459 e. The quantitative estimate of drug-likeness (QED) is 0.753. The minimum absolute atomic E-state index is 0.0954. The first-order chi connectivity index (χ1) is 6.66. The van der Waals surface area contributed by atoms with Crippen LogP contribution in [0.5, 0.6) is 0 Å². The third-order valence-electron chi connectivity index (χ3n) is 1.65. The van der Waals surface area contributed by atoms with Gasteiger partial charge in [-0.25, -0.2) is 8.78 Å². The van der Waals surface area contributed by atoms with Crippen molar-refractivity contribution in [3.63, 3.8) is 0 Å². The van der Waals surface area contributed by atoms with E-state index in [0.717, 1.165) is 0 Å². The molecule has 0 bridgehead atoms. The van der Waals surface area contributed by atoms with Crippen LogP contribution in [0.15, 0.2) is 12.3 Å². The number of halogens is 7. The van der Waals surface area contributed by atoms with Gasteiger partial charge in [0.15, 0.2) is 0 Å². The Bertz CT molecular complexity index is 337. The fourth-order valence-corrected chi connectivity index (χ4v) is 0.871. The van der Waals surface area contributed by atoms with Crippen molar-refractivity contribution < 1.29 is 30.7 Å². The van der Waals surface area contributed by atoms with Gasteiger partial charge >= 0.3 is 12.1 Å². The van der Waals surface area contributed by atoms with E-state index in [1.54, 1.807) is 0 Å². The Morgan fingerprint density at radius 1 is 1.07 bits per heavy atom. The first-order valence-corrected chi connectivity index (χ1v) is 3.57. The summed E-state index contributed by atoms with van der Waals surface area (Å²) >= 11 is 0. The molecule has 1 aromatic rings. The molecule has 1 aromatic heterocycles. The van der Waals surface area contributed by atoms with Crippen molar-refractivity contribution in [3.8, 4) is 0 Å². The highest BCUT2D eigenvalue weighted by Crippen LogP contribution is 2.43. The Morgan fingerprint density at radius 2 is 1.60 bits per heavy atom. The fourth-order valence-electron chi connectivity index (χ4n) is 0.871. The third kappa shape index (κ3) is 2.07. The van der Waals surface area contributed by atoms with Crippen LogP contribution < -0.4 is 0 Å². The van der Waals surface area contributed by atoms with Crippen molar-refractivity contribution in [1.29, 1.82) is 0 Å². The number of nitrogens with one attached hydrogen (secondary N) is 1. The molecule has 1 heterocycles. The molecule has 1 rings (SSSR count). The zero-order chi connectivity index (χ0) is 11.9. The Hall–Kier alpha value is -1.21. The lowest BCUT2D eigenvalue weighted by Crippen LogP contribution is -2.33. The molecular weight excluding hydrogens is 231 g/mol. The Morgan fingerprint density at radius 3 is 1.93 bits per heavy atom. The largest absolute Gasteiger partial charge is 0.459 e. The number of hydrogen-bond donors (Lipinski definition) is 1. The number of H-pyrrole nitrogens is 1. The molecule has 0 aliphatic carbocycles. The Balaban J connectivity index is 3.06. The molecule has 15 heavy (non-hydrogen) atoms. The van der Waals surface area contributed by atoms with Gasteiger partial charge in [0.25, 0.3) is 6.43 Å². The van der Waals surface area contributed by atoms with E-state index in [9.17, 15) is 30.7 Å². The molecular formula is C7H4F7N. The topological polar surface area (TPSA) is 15.8 Å². The van der Waals surface area contributed by atoms with Crippen molar-refractivity contribution in [2.24, 2.45) is 0 Å². The second-order valence-corrected chi connectivity index (χ2v) is 2.72. The molecule has 0 unspecified atom stereocenters. The minimum Gasteiger partial charge on any atom is -0.359 e. The summed E-state index contributed by atoms with van der Waals surface area (Å²) in [7, 11) is 0. The Labute approximate surface area is 78.9 Å². The molecule has 1 nitrogen and oxygen atoms in total. The molecule has 8 heteroatoms. The van der Waals surface area contributed by atoms with Crippen LogP contribution in [0.2, 0.25) is 0 Å². The van der Waals surface area contributed by atoms with Gasteiger partial charge in [-0.15, -0.1) is 0 Å². The summed E-state index contributed by atoms with van der Waals surface area (Å²) in [6.07, 6.45) is -8.49. The van der Waals surface area contributed by atoms with Crippen LogP contribution in [-0.2, 0) is 5.92 Å². The molecule has 0 aliphatic heterocycles. The van der Waals surface area contributed by atoms with Crippen LogP contribution >= 0.6 is 0 Å². The van der Waals surface area contributed by atoms with E-state index in [2.05, 4.69) is 0 Å². The molecule has 0 radical (unpaired) electrons. The maximum atomic E-state index is 12.5. The van der Waals surface area contributed by atoms with E-state index in [1.165, 1.54) is 4.98 Å². The number of aromatic amines is 1. The van der Waals surface area contributed by atoms with Crippen molar-refractivity contribution in [2.45, 2.75) is 18.5 Å². The van der Waals surface area contributed by atoms with Crippen LogP contribution in [0, 0.1) is 0 Å². The summed E-state index contributed by atoms with van der Waals surface area (Å²) in [6, 6.07) is 0.0954. The molecule has 0 saturated carbocycles. The number of rotatable bonds is 2. The fraction of sp³-hybridized carbons (Fsp3) is 0.429. The molecule has 0 atom stereocenters. The van der Waals surface area contributed by atoms with Crippen LogP contribution in [-0.4, -0.2) is 11.2 Å². The highest BCUT2D eigenvalue weighted by Gasteiger charge is 2.59. The smallest absolute Gasteiger partial charge is 0.359 e. The lowest BCUT2D eigenvalue weighted by Gasteiger charge is -2.17. The number of alkyl halides is 7. The van der Waals surface area contributed by atoms with Crippen LogP contribution in [0.4, 0.5) is 30.7 Å². The van der Waals surface area contributed by atoms with Crippen molar-refractivity contribution in [1.82, 2.24) is 4.98 Å². The summed E-state index contributed by atoms with van der Waals surface area (Å²) in [5, 5.41) is 0. The molecule has 0 saturated heterocycles. The number of hydrogen-bond acceptors (Lipinski definition) is 0. The zero-order valence-corrected chi connectivity index (χ0v) is 6.88. The van der Waals surface area contributed by atoms with Crippen molar-refractivity contribution >= 4 is 0 Å². The standard InChI is InChI=1S/C7H4F7N/c8-5(9)3-1-4(15-2-3)6(10,11)7(12,13)14/h1-2,5,15H. The summed E-state index contributed by atoms with van der Waals surface area (Å²) in [6.45, 7) is 0. The van der Waals surface area contributed by atoms with Gasteiger partial charge in [-0.05, 0) is 6.07 Å². The molecule has 0 aromatic carbocycles. The van der Waals surface area contributed by atoms with Gasteiger partial charge in [0.1, 0.15) is 0 Å². The van der Waals surface area contributed by atoms with Crippen molar-refractivity contribution in [2.75, 3.05) is 0 Å². The predicted octanol–water partition coefficient (Wildman–Crippen LogP) is 3.61. The average Bonchev–Trinajstić information content (AvgIpc) is 2.49. The van der Waals surface area contributed by atoms with Crippen LogP contribution in [0.1, 0.15) is 17.7 Å². The van der Waals surface area contributed by atoms with E-state index in [0.29, 0.717) is 6.20 Å². The van der Waals surface area contributed by atoms with Gasteiger partial charge < -0.3 is 4.98 Å². The molecule has 1 N–H and O–H groups in total. The zero-order valence-electron chi connectivity index (χ0n) is 6.88. The van der Waals surface area contributed by atoms with E-state index in [4.69, 9.17) is 0 Å². The van der Waals surface area contributed by atoms with Gasteiger partial charge in [0.05, 0.1) is 5.69 Å². The van der Waals surface area contributed by atoms with E-state index in [1.807, 2.05) is 0 Å². The second kappa shape index (κ2) is 3.42. The van der Waals surface area contributed by atoms with Gasteiger partial charge in [-0.1, -0.05) is 0 Å². The SMILES string of the molecule is FC(F)c1c[nH]c(C(F)(F)C(F)(F)F)c1. The van der Waals surface area contributed by atoms with Crippen molar-refractivity contribution in [3.05, 3.63) is 23.5 Å². The monoisotopic (exact) mass is 235 g/mol. The van der Waals surface area contributed by atoms with Gasteiger partial charge in [0, 0.05) is 11.8 Å². The molecule has 0 aliphatic rings. The summed E-state index contributed by atoms with van der Waals surface area (Å²) < 4.78 is 84.2. The average molecular weight is 235 g/mol. The van der Waals surface area contributed by atoms with Crippen LogP contribution in [0.3, 0.4) is 0 Å².